The average Bonchev–Trinajstić information content (AvgIpc) is 2.90. The van der Waals surface area contributed by atoms with Crippen LogP contribution in [0.5, 0.6) is 11.6 Å². The van der Waals surface area contributed by atoms with Gasteiger partial charge in [-0.2, -0.15) is 0 Å². The summed E-state index contributed by atoms with van der Waals surface area (Å²) < 4.78 is 25.9. The lowest BCUT2D eigenvalue weighted by atomic mass is 9.99. The van der Waals surface area contributed by atoms with Gasteiger partial charge in [0.05, 0.1) is 41.8 Å². The Morgan fingerprint density at radius 2 is 1.76 bits per heavy atom. The van der Waals surface area contributed by atoms with Gasteiger partial charge in [-0.3, -0.25) is 4.98 Å². The van der Waals surface area contributed by atoms with Crippen LogP contribution in [0.4, 0.5) is 4.39 Å². The summed E-state index contributed by atoms with van der Waals surface area (Å²) in [7, 11) is 3.01. The van der Waals surface area contributed by atoms with Gasteiger partial charge in [-0.1, -0.05) is 47.5 Å². The first-order valence-corrected chi connectivity index (χ1v) is 12.6. The minimum Gasteiger partial charge on any atom is -0.496 e. The number of halogens is 3. The maximum Gasteiger partial charge on any atom is 0.216 e. The van der Waals surface area contributed by atoms with Gasteiger partial charge in [-0.15, -0.1) is 0 Å². The third-order valence-corrected chi connectivity index (χ3v) is 6.77. The number of ether oxygens (including phenoxy) is 2. The Morgan fingerprint density at radius 1 is 1.03 bits per heavy atom. The molecular weight excluding hydrogens is 528 g/mol. The van der Waals surface area contributed by atoms with Crippen molar-refractivity contribution in [3.63, 3.8) is 0 Å². The van der Waals surface area contributed by atoms with E-state index in [0.717, 1.165) is 0 Å². The number of benzene rings is 2. The molecule has 38 heavy (non-hydrogen) atoms. The Morgan fingerprint density at radius 3 is 2.47 bits per heavy atom. The van der Waals surface area contributed by atoms with E-state index in [2.05, 4.69) is 22.2 Å². The van der Waals surface area contributed by atoms with E-state index in [-0.39, 0.29) is 6.54 Å². The zero-order valence-electron chi connectivity index (χ0n) is 21.2. The number of rotatable bonds is 9. The molecule has 1 atom stereocenters. The number of pyridine rings is 2. The predicted molar refractivity (Wildman–Crippen MR) is 149 cm³/mol. The minimum atomic E-state index is -0.555. The number of hydrogen-bond donors (Lipinski definition) is 2. The second kappa shape index (κ2) is 12.1. The molecule has 6 nitrogen and oxygen atoms in total. The molecule has 0 saturated carbocycles. The Hall–Kier alpha value is -3.23. The molecular formula is C29H27Cl2FN3O3. The van der Waals surface area contributed by atoms with E-state index in [1.165, 1.54) is 20.3 Å². The van der Waals surface area contributed by atoms with Crippen LogP contribution in [0.15, 0.2) is 54.7 Å². The number of methoxy groups -OCH3 is 2. The van der Waals surface area contributed by atoms with Crippen LogP contribution < -0.4 is 14.8 Å². The van der Waals surface area contributed by atoms with Crippen LogP contribution in [0.2, 0.25) is 10.0 Å². The highest BCUT2D eigenvalue weighted by Crippen LogP contribution is 2.42. The molecule has 0 unspecified atom stereocenters. The molecule has 4 aromatic rings. The Kier molecular flexibility index (Phi) is 8.84. The Labute approximate surface area is 231 Å². The number of aliphatic hydroxyl groups is 1. The highest BCUT2D eigenvalue weighted by molar-refractivity contribution is 6.39. The van der Waals surface area contributed by atoms with Crippen molar-refractivity contribution >= 4 is 23.2 Å². The van der Waals surface area contributed by atoms with Gasteiger partial charge in [0.25, 0.3) is 0 Å². The van der Waals surface area contributed by atoms with E-state index in [4.69, 9.17) is 32.7 Å². The summed E-state index contributed by atoms with van der Waals surface area (Å²) in [5, 5.41) is 13.2. The van der Waals surface area contributed by atoms with Crippen LogP contribution in [0.3, 0.4) is 0 Å². The van der Waals surface area contributed by atoms with Crippen LogP contribution >= 0.6 is 23.2 Å². The maximum atomic E-state index is 15.2. The molecule has 0 saturated heterocycles. The molecule has 1 radical (unpaired) electrons. The number of aliphatic hydroxyl groups excluding tert-OH is 1. The lowest BCUT2D eigenvalue weighted by molar-refractivity contribution is 0.190. The van der Waals surface area contributed by atoms with Gasteiger partial charge in [0.15, 0.2) is 0 Å². The van der Waals surface area contributed by atoms with Gasteiger partial charge in [0.1, 0.15) is 11.6 Å². The molecule has 0 fully saturated rings. The number of nitrogens with one attached hydrogen (secondary N) is 1. The summed E-state index contributed by atoms with van der Waals surface area (Å²) in [6, 6.07) is 14.0. The summed E-state index contributed by atoms with van der Waals surface area (Å²) in [5.74, 6) is 0.276. The molecule has 0 bridgehead atoms. The van der Waals surface area contributed by atoms with Crippen molar-refractivity contribution in [2.24, 2.45) is 0 Å². The topological polar surface area (TPSA) is 76.5 Å². The lowest BCUT2D eigenvalue weighted by Crippen LogP contribution is -2.24. The molecule has 2 aromatic heterocycles. The summed E-state index contributed by atoms with van der Waals surface area (Å²) in [6.07, 6.45) is 1.04. The van der Waals surface area contributed by atoms with Crippen LogP contribution in [-0.2, 0) is 6.54 Å². The fraction of sp³-hybridized carbons (Fsp3) is 0.207. The van der Waals surface area contributed by atoms with E-state index >= 15 is 4.39 Å². The quantitative estimate of drug-likeness (QED) is 0.243. The van der Waals surface area contributed by atoms with E-state index in [9.17, 15) is 5.11 Å². The highest BCUT2D eigenvalue weighted by Gasteiger charge is 2.20. The molecule has 0 aliphatic heterocycles. The molecule has 9 heteroatoms. The van der Waals surface area contributed by atoms with Gasteiger partial charge in [-0.05, 0) is 38.1 Å². The molecule has 0 aliphatic rings. The van der Waals surface area contributed by atoms with Gasteiger partial charge >= 0.3 is 0 Å². The van der Waals surface area contributed by atoms with Crippen molar-refractivity contribution in [3.05, 3.63) is 88.6 Å². The van der Waals surface area contributed by atoms with E-state index in [0.29, 0.717) is 73.0 Å². The fourth-order valence-electron chi connectivity index (χ4n) is 4.09. The lowest BCUT2D eigenvalue weighted by Gasteiger charge is -2.16. The molecule has 2 heterocycles. The maximum absolute atomic E-state index is 15.2. The minimum absolute atomic E-state index is 0.192. The number of nitrogens with zero attached hydrogens (tertiary/aromatic N) is 2. The van der Waals surface area contributed by atoms with E-state index < -0.39 is 11.9 Å². The third kappa shape index (κ3) is 5.76. The van der Waals surface area contributed by atoms with Crippen molar-refractivity contribution in [1.29, 1.82) is 0 Å². The normalized spacial score (nSPS) is 11.9. The van der Waals surface area contributed by atoms with Crippen molar-refractivity contribution < 1.29 is 19.0 Å². The van der Waals surface area contributed by atoms with Crippen LogP contribution in [-0.4, -0.2) is 41.9 Å². The van der Waals surface area contributed by atoms with E-state index in [1.54, 1.807) is 25.3 Å². The first-order valence-electron chi connectivity index (χ1n) is 11.8. The number of aromatic nitrogens is 2. The zero-order chi connectivity index (χ0) is 27.4. The Balaban J connectivity index is 1.76. The van der Waals surface area contributed by atoms with Crippen molar-refractivity contribution in [2.75, 3.05) is 20.8 Å². The van der Waals surface area contributed by atoms with Crippen LogP contribution in [0.1, 0.15) is 18.1 Å². The smallest absolute Gasteiger partial charge is 0.216 e. The third-order valence-electron chi connectivity index (χ3n) is 5.98. The largest absolute Gasteiger partial charge is 0.496 e. The van der Waals surface area contributed by atoms with Gasteiger partial charge in [0.2, 0.25) is 5.88 Å². The highest BCUT2D eigenvalue weighted by atomic mass is 35.5. The summed E-state index contributed by atoms with van der Waals surface area (Å²) in [4.78, 5) is 8.95. The molecule has 0 amide bonds. The Bertz CT molecular complexity index is 1460. The SMILES string of the molecule is [CH2]c1ccc(-c2cccc(-c3ccnc(-c4cc(F)c(CNC[C@H](C)O)c(OC)c4)c3Cl)c2Cl)nc1OC. The van der Waals surface area contributed by atoms with Crippen molar-refractivity contribution in [3.8, 4) is 45.3 Å². The molecule has 0 aliphatic carbocycles. The molecule has 0 spiro atoms. The summed E-state index contributed by atoms with van der Waals surface area (Å²) >= 11 is 13.7. The second-order valence-corrected chi connectivity index (χ2v) is 9.43. The van der Waals surface area contributed by atoms with Crippen molar-refractivity contribution in [2.45, 2.75) is 19.6 Å². The van der Waals surface area contributed by atoms with Gasteiger partial charge in [0, 0.05) is 52.7 Å². The standard InChI is InChI=1S/C29H27Cl2FN3O3/c1-16-8-9-24(35-29(16)38-4)21-7-5-6-19(26(21)30)20-10-11-34-28(27(20)31)18-12-23(32)22(25(13-18)37-3)15-33-14-17(2)36/h5-13,17,33,36H,1,14-15H2,2-4H3/t17-/m0/s1. The first kappa shape index (κ1) is 27.8. The van der Waals surface area contributed by atoms with Crippen molar-refractivity contribution in [1.82, 2.24) is 15.3 Å². The average molecular weight is 555 g/mol. The van der Waals surface area contributed by atoms with Crippen LogP contribution in [0.25, 0.3) is 33.6 Å². The molecule has 4 rings (SSSR count). The van der Waals surface area contributed by atoms with E-state index in [1.807, 2.05) is 30.3 Å². The van der Waals surface area contributed by atoms with Gasteiger partial charge < -0.3 is 19.9 Å². The number of hydrogen-bond acceptors (Lipinski definition) is 6. The summed E-state index contributed by atoms with van der Waals surface area (Å²) in [6.45, 7) is 6.08. The summed E-state index contributed by atoms with van der Waals surface area (Å²) in [5.41, 5.74) is 4.46. The molecule has 2 N–H and O–H groups in total. The predicted octanol–water partition coefficient (Wildman–Crippen LogP) is 6.59. The first-order chi connectivity index (χ1) is 18.2. The van der Waals surface area contributed by atoms with Gasteiger partial charge in [-0.25, -0.2) is 9.37 Å². The van der Waals surface area contributed by atoms with Crippen LogP contribution in [0, 0.1) is 12.7 Å². The molecule has 197 valence electrons. The monoisotopic (exact) mass is 554 g/mol. The fourth-order valence-corrected chi connectivity index (χ4v) is 4.74. The second-order valence-electron chi connectivity index (χ2n) is 8.67. The molecule has 2 aromatic carbocycles. The zero-order valence-corrected chi connectivity index (χ0v) is 22.7.